The lowest BCUT2D eigenvalue weighted by molar-refractivity contribution is 0.407. The first kappa shape index (κ1) is 9.11. The van der Waals surface area contributed by atoms with Gasteiger partial charge in [0.15, 0.2) is 0 Å². The third kappa shape index (κ3) is 1.79. The molecule has 0 aliphatic rings. The quantitative estimate of drug-likeness (QED) is 0.651. The van der Waals surface area contributed by atoms with Crippen LogP contribution in [0.2, 0.25) is 0 Å². The molecule has 1 radical (unpaired) electrons. The Balaban J connectivity index is 3.11. The lowest BCUT2D eigenvalue weighted by Gasteiger charge is -2.11. The molecule has 1 aromatic rings. The van der Waals surface area contributed by atoms with Gasteiger partial charge in [0.05, 0.1) is 7.11 Å². The van der Waals surface area contributed by atoms with Crippen molar-refractivity contribution < 1.29 is 4.74 Å². The summed E-state index contributed by atoms with van der Waals surface area (Å²) in [6.07, 6.45) is 0. The summed E-state index contributed by atoms with van der Waals surface area (Å²) < 4.78 is 5.25. The van der Waals surface area contributed by atoms with Crippen LogP contribution in [0.1, 0.15) is 30.9 Å². The molecule has 0 atom stereocenters. The second kappa shape index (κ2) is 3.61. The normalized spacial score (nSPS) is 10.4. The predicted octanol–water partition coefficient (Wildman–Crippen LogP) is 3.00. The third-order valence-electron chi connectivity index (χ3n) is 1.92. The van der Waals surface area contributed by atoms with Crippen molar-refractivity contribution in [3.8, 4) is 5.75 Å². The summed E-state index contributed by atoms with van der Waals surface area (Å²) in [5.41, 5.74) is 2.24. The van der Waals surface area contributed by atoms with E-state index in [1.165, 1.54) is 5.56 Å². The molecule has 0 N–H and O–H groups in total. The van der Waals surface area contributed by atoms with Crippen molar-refractivity contribution in [3.05, 3.63) is 36.2 Å². The Morgan fingerprint density at radius 2 is 2.00 bits per heavy atom. The summed E-state index contributed by atoms with van der Waals surface area (Å²) in [7, 11) is 1.70. The van der Waals surface area contributed by atoms with E-state index in [0.29, 0.717) is 5.92 Å². The summed E-state index contributed by atoms with van der Waals surface area (Å²) >= 11 is 0. The van der Waals surface area contributed by atoms with E-state index < -0.39 is 0 Å². The molecule has 0 unspecified atom stereocenters. The van der Waals surface area contributed by atoms with Crippen LogP contribution >= 0.6 is 0 Å². The summed E-state index contributed by atoms with van der Waals surface area (Å²) in [5, 5.41) is 0. The molecule has 0 bridgehead atoms. The monoisotopic (exact) mass is 163 g/mol. The Hall–Kier alpha value is -0.980. The number of methoxy groups -OCH3 is 1. The van der Waals surface area contributed by atoms with Crippen LogP contribution in [0, 0.1) is 6.92 Å². The molecule has 1 aromatic carbocycles. The molecule has 65 valence electrons. The number of hydrogen-bond acceptors (Lipinski definition) is 1. The zero-order valence-corrected chi connectivity index (χ0v) is 7.92. The molecule has 0 aliphatic carbocycles. The molecule has 1 rings (SSSR count). The van der Waals surface area contributed by atoms with Gasteiger partial charge in [-0.2, -0.15) is 0 Å². The van der Waals surface area contributed by atoms with Crippen molar-refractivity contribution in [1.29, 1.82) is 0 Å². The minimum atomic E-state index is 0.501. The molecule has 1 nitrogen and oxygen atoms in total. The summed E-state index contributed by atoms with van der Waals surface area (Å²) in [6, 6.07) is 6.05. The van der Waals surface area contributed by atoms with Crippen LogP contribution in [0.5, 0.6) is 5.75 Å². The van der Waals surface area contributed by atoms with E-state index in [1.807, 2.05) is 12.1 Å². The molecule has 0 heterocycles. The molecule has 0 saturated heterocycles. The van der Waals surface area contributed by atoms with Crippen LogP contribution in [0.3, 0.4) is 0 Å². The van der Waals surface area contributed by atoms with Crippen LogP contribution in [0.15, 0.2) is 18.2 Å². The van der Waals surface area contributed by atoms with Gasteiger partial charge in [-0.15, -0.1) is 0 Å². The lowest BCUT2D eigenvalue weighted by Crippen LogP contribution is -1.94. The smallest absolute Gasteiger partial charge is 0.122 e. The van der Waals surface area contributed by atoms with E-state index in [2.05, 4.69) is 26.8 Å². The van der Waals surface area contributed by atoms with Gasteiger partial charge in [-0.1, -0.05) is 26.0 Å². The Labute approximate surface area is 74.4 Å². The van der Waals surface area contributed by atoms with Crippen LogP contribution < -0.4 is 4.74 Å². The maximum absolute atomic E-state index is 5.25. The molecule has 0 fully saturated rings. The Bertz CT molecular complexity index is 264. The van der Waals surface area contributed by atoms with E-state index in [0.717, 1.165) is 11.3 Å². The first-order chi connectivity index (χ1) is 5.65. The maximum atomic E-state index is 5.25. The number of hydrogen-bond donors (Lipinski definition) is 0. The minimum Gasteiger partial charge on any atom is -0.496 e. The molecule has 0 aromatic heterocycles. The van der Waals surface area contributed by atoms with E-state index in [-0.39, 0.29) is 0 Å². The lowest BCUT2D eigenvalue weighted by atomic mass is 10.0. The van der Waals surface area contributed by atoms with Gasteiger partial charge in [0, 0.05) is 0 Å². The van der Waals surface area contributed by atoms with E-state index in [1.54, 1.807) is 7.11 Å². The zero-order chi connectivity index (χ0) is 9.14. The Morgan fingerprint density at radius 3 is 2.50 bits per heavy atom. The number of ether oxygens (including phenoxy) is 1. The zero-order valence-electron chi connectivity index (χ0n) is 7.92. The number of rotatable bonds is 2. The van der Waals surface area contributed by atoms with Crippen LogP contribution in [-0.2, 0) is 0 Å². The second-order valence-corrected chi connectivity index (χ2v) is 3.23. The van der Waals surface area contributed by atoms with Crippen LogP contribution in [-0.4, -0.2) is 7.11 Å². The van der Waals surface area contributed by atoms with Crippen LogP contribution in [0.25, 0.3) is 0 Å². The van der Waals surface area contributed by atoms with Crippen molar-refractivity contribution in [2.45, 2.75) is 19.8 Å². The fourth-order valence-corrected chi connectivity index (χ4v) is 1.23. The minimum absolute atomic E-state index is 0.501. The van der Waals surface area contributed by atoms with Crippen molar-refractivity contribution >= 4 is 0 Å². The van der Waals surface area contributed by atoms with Gasteiger partial charge >= 0.3 is 0 Å². The highest BCUT2D eigenvalue weighted by Gasteiger charge is 2.05. The van der Waals surface area contributed by atoms with Gasteiger partial charge < -0.3 is 4.74 Å². The van der Waals surface area contributed by atoms with E-state index in [9.17, 15) is 0 Å². The van der Waals surface area contributed by atoms with Gasteiger partial charge in [-0.3, -0.25) is 0 Å². The molecule has 12 heavy (non-hydrogen) atoms. The second-order valence-electron chi connectivity index (χ2n) is 3.23. The Kier molecular flexibility index (Phi) is 2.74. The van der Waals surface area contributed by atoms with Crippen molar-refractivity contribution in [2.75, 3.05) is 7.11 Å². The highest BCUT2D eigenvalue weighted by Crippen LogP contribution is 2.26. The third-order valence-corrected chi connectivity index (χ3v) is 1.92. The van der Waals surface area contributed by atoms with Crippen molar-refractivity contribution in [1.82, 2.24) is 0 Å². The Morgan fingerprint density at radius 1 is 1.33 bits per heavy atom. The summed E-state index contributed by atoms with van der Waals surface area (Å²) in [4.78, 5) is 0. The van der Waals surface area contributed by atoms with Gasteiger partial charge in [0.1, 0.15) is 5.75 Å². The fraction of sp³-hybridized carbons (Fsp3) is 0.364. The van der Waals surface area contributed by atoms with E-state index >= 15 is 0 Å². The molecular formula is C11H15O. The fourth-order valence-electron chi connectivity index (χ4n) is 1.23. The predicted molar refractivity (Wildman–Crippen MR) is 51.5 cm³/mol. The first-order valence-corrected chi connectivity index (χ1v) is 4.15. The maximum Gasteiger partial charge on any atom is 0.122 e. The summed E-state index contributed by atoms with van der Waals surface area (Å²) in [6.45, 7) is 8.16. The highest BCUT2D eigenvalue weighted by atomic mass is 16.5. The highest BCUT2D eigenvalue weighted by molar-refractivity contribution is 5.40. The average Bonchev–Trinajstić information content (AvgIpc) is 2.03. The number of benzene rings is 1. The van der Waals surface area contributed by atoms with E-state index in [4.69, 9.17) is 4.74 Å². The molecule has 1 heteroatoms. The van der Waals surface area contributed by atoms with Crippen LogP contribution in [0.4, 0.5) is 0 Å². The molecular weight excluding hydrogens is 148 g/mol. The first-order valence-electron chi connectivity index (χ1n) is 4.15. The van der Waals surface area contributed by atoms with Gasteiger partial charge in [0.25, 0.3) is 0 Å². The molecule has 0 aliphatic heterocycles. The molecule has 0 amide bonds. The largest absolute Gasteiger partial charge is 0.496 e. The SMILES string of the molecule is [CH2]c1ccc(C(C)C)c(OC)c1. The topological polar surface area (TPSA) is 9.23 Å². The van der Waals surface area contributed by atoms with Gasteiger partial charge in [-0.05, 0) is 30.0 Å². The van der Waals surface area contributed by atoms with Gasteiger partial charge in [-0.25, -0.2) is 0 Å². The van der Waals surface area contributed by atoms with Gasteiger partial charge in [0.2, 0.25) is 0 Å². The van der Waals surface area contributed by atoms with Crippen molar-refractivity contribution in [2.24, 2.45) is 0 Å². The summed E-state index contributed by atoms with van der Waals surface area (Å²) in [5.74, 6) is 1.44. The molecule has 0 spiro atoms. The standard InChI is InChI=1S/C11H15O/c1-8(2)10-6-5-9(3)7-11(10)12-4/h5-8H,3H2,1-2,4H3. The average molecular weight is 163 g/mol. The van der Waals surface area contributed by atoms with Crippen molar-refractivity contribution in [3.63, 3.8) is 0 Å². The molecule has 0 saturated carbocycles.